The van der Waals surface area contributed by atoms with Crippen LogP contribution in [0.4, 0.5) is 0 Å². The summed E-state index contributed by atoms with van der Waals surface area (Å²) in [6.45, 7) is 8.75. The maximum absolute atomic E-state index is 5.61. The minimum atomic E-state index is 0.480. The van der Waals surface area contributed by atoms with E-state index in [1.165, 1.54) is 11.1 Å². The van der Waals surface area contributed by atoms with Crippen LogP contribution in [-0.4, -0.2) is 14.2 Å². The van der Waals surface area contributed by atoms with Crippen molar-refractivity contribution in [3.05, 3.63) is 47.5 Å². The molecule has 0 radical (unpaired) electrons. The molecule has 2 heteroatoms. The second kappa shape index (κ2) is 6.87. The number of rotatable bonds is 5. The maximum atomic E-state index is 5.61. The van der Waals surface area contributed by atoms with E-state index in [0.29, 0.717) is 11.8 Å². The van der Waals surface area contributed by atoms with Crippen molar-refractivity contribution in [1.82, 2.24) is 0 Å². The molecule has 0 atom stereocenters. The van der Waals surface area contributed by atoms with Gasteiger partial charge in [0.25, 0.3) is 0 Å². The van der Waals surface area contributed by atoms with Gasteiger partial charge >= 0.3 is 0 Å². The molecule has 0 aliphatic heterocycles. The molecule has 0 amide bonds. The minimum Gasteiger partial charge on any atom is -0.496 e. The summed E-state index contributed by atoms with van der Waals surface area (Å²) in [5.41, 5.74) is 4.69. The Balaban J connectivity index is 2.56. The van der Waals surface area contributed by atoms with Gasteiger partial charge in [0.15, 0.2) is 0 Å². The highest BCUT2D eigenvalue weighted by Crippen LogP contribution is 2.39. The molecule has 2 aromatic carbocycles. The first kappa shape index (κ1) is 16.4. The fraction of sp³-hybridized carbons (Fsp3) is 0.400. The molecule has 2 aromatic rings. The van der Waals surface area contributed by atoms with E-state index in [1.807, 2.05) is 0 Å². The number of ether oxygens (including phenoxy) is 2. The molecule has 0 saturated heterocycles. The fourth-order valence-corrected chi connectivity index (χ4v) is 2.58. The molecular formula is C20H26O2. The number of benzene rings is 2. The van der Waals surface area contributed by atoms with E-state index in [4.69, 9.17) is 9.47 Å². The summed E-state index contributed by atoms with van der Waals surface area (Å²) >= 11 is 0. The second-order valence-electron chi connectivity index (χ2n) is 6.23. The van der Waals surface area contributed by atoms with Gasteiger partial charge in [-0.2, -0.15) is 0 Å². The largest absolute Gasteiger partial charge is 0.496 e. The van der Waals surface area contributed by atoms with Crippen LogP contribution >= 0.6 is 0 Å². The second-order valence-corrected chi connectivity index (χ2v) is 6.23. The Labute approximate surface area is 134 Å². The van der Waals surface area contributed by atoms with E-state index in [2.05, 4.69) is 64.1 Å². The zero-order valence-corrected chi connectivity index (χ0v) is 14.4. The first-order chi connectivity index (χ1) is 10.5. The van der Waals surface area contributed by atoms with Gasteiger partial charge in [0, 0.05) is 11.1 Å². The highest BCUT2D eigenvalue weighted by atomic mass is 16.5. The van der Waals surface area contributed by atoms with Crippen molar-refractivity contribution in [2.75, 3.05) is 14.2 Å². The summed E-state index contributed by atoms with van der Waals surface area (Å²) in [6, 6.07) is 12.8. The molecule has 0 aliphatic carbocycles. The Hall–Kier alpha value is -1.96. The highest BCUT2D eigenvalue weighted by Gasteiger charge is 2.14. The third kappa shape index (κ3) is 3.27. The lowest BCUT2D eigenvalue weighted by atomic mass is 9.94. The molecule has 0 aliphatic rings. The number of hydrogen-bond acceptors (Lipinski definition) is 2. The van der Waals surface area contributed by atoms with Crippen molar-refractivity contribution in [2.24, 2.45) is 0 Å². The van der Waals surface area contributed by atoms with E-state index in [-0.39, 0.29) is 0 Å². The van der Waals surface area contributed by atoms with E-state index in [9.17, 15) is 0 Å². The molecule has 0 aromatic heterocycles. The third-order valence-electron chi connectivity index (χ3n) is 4.07. The Kier molecular flexibility index (Phi) is 5.12. The van der Waals surface area contributed by atoms with Gasteiger partial charge in [-0.3, -0.25) is 0 Å². The lowest BCUT2D eigenvalue weighted by molar-refractivity contribution is 0.409. The van der Waals surface area contributed by atoms with E-state index in [1.54, 1.807) is 14.2 Å². The first-order valence-electron chi connectivity index (χ1n) is 7.84. The average molecular weight is 298 g/mol. The van der Waals surface area contributed by atoms with Crippen LogP contribution in [0.3, 0.4) is 0 Å². The van der Waals surface area contributed by atoms with Crippen molar-refractivity contribution < 1.29 is 9.47 Å². The van der Waals surface area contributed by atoms with Crippen LogP contribution in [0.15, 0.2) is 36.4 Å². The molecule has 2 nitrogen and oxygen atoms in total. The fourth-order valence-electron chi connectivity index (χ4n) is 2.58. The Morgan fingerprint density at radius 3 is 1.27 bits per heavy atom. The predicted molar refractivity (Wildman–Crippen MR) is 93.2 cm³/mol. The van der Waals surface area contributed by atoms with Gasteiger partial charge in [-0.15, -0.1) is 0 Å². The summed E-state index contributed by atoms with van der Waals surface area (Å²) in [5.74, 6) is 2.74. The summed E-state index contributed by atoms with van der Waals surface area (Å²) in [4.78, 5) is 0. The van der Waals surface area contributed by atoms with Crippen LogP contribution in [0.2, 0.25) is 0 Å². The quantitative estimate of drug-likeness (QED) is 0.713. The minimum absolute atomic E-state index is 0.480. The average Bonchev–Trinajstić information content (AvgIpc) is 2.53. The summed E-state index contributed by atoms with van der Waals surface area (Å²) in [6.07, 6.45) is 0. The maximum Gasteiger partial charge on any atom is 0.127 e. The molecular weight excluding hydrogens is 272 g/mol. The van der Waals surface area contributed by atoms with Crippen LogP contribution < -0.4 is 9.47 Å². The van der Waals surface area contributed by atoms with Gasteiger partial charge in [-0.05, 0) is 35.1 Å². The Bertz CT molecular complexity index is 585. The van der Waals surface area contributed by atoms with Crippen molar-refractivity contribution in [1.29, 1.82) is 0 Å². The van der Waals surface area contributed by atoms with Crippen LogP contribution in [0, 0.1) is 0 Å². The number of hydrogen-bond donors (Lipinski definition) is 0. The molecule has 0 spiro atoms. The molecule has 118 valence electrons. The van der Waals surface area contributed by atoms with Crippen LogP contribution in [0.1, 0.15) is 50.7 Å². The highest BCUT2D eigenvalue weighted by molar-refractivity contribution is 5.76. The predicted octanol–water partition coefficient (Wildman–Crippen LogP) is 5.62. The molecule has 0 heterocycles. The monoisotopic (exact) mass is 298 g/mol. The van der Waals surface area contributed by atoms with Gasteiger partial charge < -0.3 is 9.47 Å². The van der Waals surface area contributed by atoms with Gasteiger partial charge in [-0.25, -0.2) is 0 Å². The summed E-state index contributed by atoms with van der Waals surface area (Å²) < 4.78 is 11.2. The molecule has 22 heavy (non-hydrogen) atoms. The van der Waals surface area contributed by atoms with E-state index in [0.717, 1.165) is 22.6 Å². The summed E-state index contributed by atoms with van der Waals surface area (Å²) in [5, 5.41) is 0. The topological polar surface area (TPSA) is 18.5 Å². The van der Waals surface area contributed by atoms with Crippen molar-refractivity contribution in [3.63, 3.8) is 0 Å². The van der Waals surface area contributed by atoms with Crippen molar-refractivity contribution >= 4 is 0 Å². The van der Waals surface area contributed by atoms with Crippen molar-refractivity contribution in [3.8, 4) is 22.6 Å². The smallest absolute Gasteiger partial charge is 0.127 e. The number of methoxy groups -OCH3 is 2. The lowest BCUT2D eigenvalue weighted by Gasteiger charge is -2.16. The van der Waals surface area contributed by atoms with Crippen LogP contribution in [-0.2, 0) is 0 Å². The zero-order valence-electron chi connectivity index (χ0n) is 14.4. The molecule has 2 rings (SSSR count). The lowest BCUT2D eigenvalue weighted by Crippen LogP contribution is -1.96. The summed E-state index contributed by atoms with van der Waals surface area (Å²) in [7, 11) is 3.44. The molecule has 0 saturated carbocycles. The third-order valence-corrected chi connectivity index (χ3v) is 4.07. The molecule has 0 bridgehead atoms. The first-order valence-corrected chi connectivity index (χ1v) is 7.84. The van der Waals surface area contributed by atoms with Gasteiger partial charge in [0.05, 0.1) is 14.2 Å². The van der Waals surface area contributed by atoms with Crippen LogP contribution in [0.25, 0.3) is 11.1 Å². The molecule has 0 unspecified atom stereocenters. The van der Waals surface area contributed by atoms with E-state index < -0.39 is 0 Å². The van der Waals surface area contributed by atoms with Gasteiger partial charge in [0.1, 0.15) is 11.5 Å². The van der Waals surface area contributed by atoms with Gasteiger partial charge in [-0.1, -0.05) is 52.0 Å². The SMILES string of the molecule is COc1cc(C(C)C)ccc1-c1ccc(C(C)C)cc1OC. The Morgan fingerprint density at radius 1 is 0.636 bits per heavy atom. The Morgan fingerprint density at radius 2 is 1.00 bits per heavy atom. The van der Waals surface area contributed by atoms with Crippen molar-refractivity contribution in [2.45, 2.75) is 39.5 Å². The molecule has 0 fully saturated rings. The molecule has 0 N–H and O–H groups in total. The standard InChI is InChI=1S/C20H26O2/c1-13(2)15-7-9-17(19(11-15)21-5)18-10-8-16(14(3)4)12-20(18)22-6/h7-14H,1-6H3. The normalized spacial score (nSPS) is 11.1. The van der Waals surface area contributed by atoms with E-state index >= 15 is 0 Å². The van der Waals surface area contributed by atoms with Crippen LogP contribution in [0.5, 0.6) is 11.5 Å². The van der Waals surface area contributed by atoms with Gasteiger partial charge in [0.2, 0.25) is 0 Å². The zero-order chi connectivity index (χ0) is 16.3.